The third kappa shape index (κ3) is 2.87. The smallest absolute Gasteiger partial charge is 0.325 e. The first kappa shape index (κ1) is 18.0. The molecule has 0 unspecified atom stereocenters. The normalized spacial score (nSPS) is 20.9. The number of hydrogen-bond donors (Lipinski definition) is 1. The quantitative estimate of drug-likeness (QED) is 0.646. The Hall–Kier alpha value is -3.42. The summed E-state index contributed by atoms with van der Waals surface area (Å²) in [5.41, 5.74) is -1.05. The van der Waals surface area contributed by atoms with Crippen LogP contribution in [0.5, 0.6) is 11.5 Å². The third-order valence-corrected chi connectivity index (χ3v) is 4.87. The van der Waals surface area contributed by atoms with Crippen LogP contribution in [-0.4, -0.2) is 42.4 Å². The van der Waals surface area contributed by atoms with E-state index in [4.69, 9.17) is 9.47 Å². The molecule has 4 rings (SSSR count). The number of urea groups is 1. The van der Waals surface area contributed by atoms with E-state index in [1.165, 1.54) is 18.2 Å². The van der Waals surface area contributed by atoms with Gasteiger partial charge in [0.25, 0.3) is 5.91 Å². The zero-order valence-corrected chi connectivity index (χ0v) is 15.0. The summed E-state index contributed by atoms with van der Waals surface area (Å²) in [4.78, 5) is 38.6. The van der Waals surface area contributed by atoms with Crippen molar-refractivity contribution in [2.24, 2.45) is 0 Å². The van der Waals surface area contributed by atoms with E-state index in [9.17, 15) is 18.8 Å². The molecule has 2 heterocycles. The van der Waals surface area contributed by atoms with Gasteiger partial charge in [0.1, 0.15) is 24.6 Å². The van der Waals surface area contributed by atoms with Crippen LogP contribution in [0.2, 0.25) is 0 Å². The summed E-state index contributed by atoms with van der Waals surface area (Å²) in [6.45, 7) is 1.82. The first-order chi connectivity index (χ1) is 13.4. The summed E-state index contributed by atoms with van der Waals surface area (Å²) >= 11 is 0. The molecule has 28 heavy (non-hydrogen) atoms. The fourth-order valence-electron chi connectivity index (χ4n) is 3.31. The molecule has 1 N–H and O–H groups in total. The van der Waals surface area contributed by atoms with Gasteiger partial charge >= 0.3 is 6.03 Å². The van der Waals surface area contributed by atoms with Crippen molar-refractivity contribution < 1.29 is 28.2 Å². The van der Waals surface area contributed by atoms with E-state index in [1.54, 1.807) is 25.1 Å². The fourth-order valence-corrected chi connectivity index (χ4v) is 3.31. The summed E-state index contributed by atoms with van der Waals surface area (Å²) in [5, 5.41) is 2.62. The van der Waals surface area contributed by atoms with Crippen LogP contribution in [0.4, 0.5) is 9.18 Å². The minimum atomic E-state index is -1.37. The van der Waals surface area contributed by atoms with Gasteiger partial charge < -0.3 is 14.8 Å². The van der Waals surface area contributed by atoms with Crippen LogP contribution in [0.15, 0.2) is 42.5 Å². The molecule has 3 amide bonds. The number of halogens is 1. The van der Waals surface area contributed by atoms with Crippen molar-refractivity contribution in [3.63, 3.8) is 0 Å². The van der Waals surface area contributed by atoms with E-state index in [-0.39, 0.29) is 5.56 Å². The highest BCUT2D eigenvalue weighted by atomic mass is 19.1. The van der Waals surface area contributed by atoms with Crippen LogP contribution in [0.1, 0.15) is 22.8 Å². The zero-order chi connectivity index (χ0) is 19.9. The molecule has 0 aromatic heterocycles. The summed E-state index contributed by atoms with van der Waals surface area (Å²) in [6.07, 6.45) is 0. The maximum absolute atomic E-state index is 13.8. The molecule has 0 spiro atoms. The van der Waals surface area contributed by atoms with Crippen LogP contribution in [-0.2, 0) is 10.3 Å². The number of fused-ring (bicyclic) bond motifs is 1. The Labute approximate surface area is 160 Å². The zero-order valence-electron chi connectivity index (χ0n) is 15.0. The number of carbonyl (C=O) groups excluding carboxylic acids is 3. The largest absolute Gasteiger partial charge is 0.486 e. The maximum Gasteiger partial charge on any atom is 0.325 e. The Balaban J connectivity index is 1.60. The van der Waals surface area contributed by atoms with Crippen molar-refractivity contribution in [2.45, 2.75) is 12.5 Å². The number of ether oxygens (including phenoxy) is 2. The lowest BCUT2D eigenvalue weighted by Gasteiger charge is -2.25. The SMILES string of the molecule is C[C@@]1(c2ccc3c(c2)OCCO3)NC(=O)N(CC(=O)c2ccccc2F)C1=O. The predicted octanol–water partition coefficient (Wildman–Crippen LogP) is 2.25. The number of Topliss-reactive ketones (excluding diaryl/α,β-unsaturated/α-hetero) is 1. The van der Waals surface area contributed by atoms with Crippen LogP contribution >= 0.6 is 0 Å². The van der Waals surface area contributed by atoms with Gasteiger partial charge in [-0.25, -0.2) is 9.18 Å². The summed E-state index contributed by atoms with van der Waals surface area (Å²) in [5.74, 6) is -0.920. The molecule has 2 aliphatic rings. The van der Waals surface area contributed by atoms with E-state index in [2.05, 4.69) is 5.32 Å². The first-order valence-electron chi connectivity index (χ1n) is 8.72. The third-order valence-electron chi connectivity index (χ3n) is 4.87. The number of hydrogen-bond acceptors (Lipinski definition) is 5. The highest BCUT2D eigenvalue weighted by molar-refractivity contribution is 6.11. The Kier molecular flexibility index (Phi) is 4.26. The number of benzene rings is 2. The molecule has 144 valence electrons. The number of rotatable bonds is 4. The van der Waals surface area contributed by atoms with Gasteiger partial charge in [0, 0.05) is 0 Å². The minimum absolute atomic E-state index is 0.170. The molecule has 2 aliphatic heterocycles. The van der Waals surface area contributed by atoms with Crippen molar-refractivity contribution in [1.82, 2.24) is 10.2 Å². The highest BCUT2D eigenvalue weighted by Gasteiger charge is 2.49. The molecule has 1 fully saturated rings. The maximum atomic E-state index is 13.8. The van der Waals surface area contributed by atoms with Gasteiger partial charge in [0.05, 0.1) is 12.1 Å². The van der Waals surface area contributed by atoms with Crippen molar-refractivity contribution >= 4 is 17.7 Å². The van der Waals surface area contributed by atoms with Gasteiger partial charge in [-0.3, -0.25) is 14.5 Å². The number of nitrogens with one attached hydrogen (secondary N) is 1. The molecule has 0 radical (unpaired) electrons. The molecule has 1 saturated heterocycles. The second-order valence-electron chi connectivity index (χ2n) is 6.71. The standard InChI is InChI=1S/C20H17FN2O5/c1-20(12-6-7-16-17(10-12)28-9-8-27-16)18(25)23(19(26)22-20)11-15(24)13-4-2-3-5-14(13)21/h2-7,10H,8-9,11H2,1H3,(H,22,26)/t20-/m0/s1. The lowest BCUT2D eigenvalue weighted by Crippen LogP contribution is -2.41. The fraction of sp³-hybridized carbons (Fsp3) is 0.250. The number of amides is 3. The molecule has 2 aromatic rings. The Morgan fingerprint density at radius 1 is 1.14 bits per heavy atom. The molecule has 7 nitrogen and oxygen atoms in total. The van der Waals surface area contributed by atoms with E-state index >= 15 is 0 Å². The van der Waals surface area contributed by atoms with Crippen molar-refractivity contribution in [3.8, 4) is 11.5 Å². The van der Waals surface area contributed by atoms with Gasteiger partial charge in [0.15, 0.2) is 17.3 Å². The molecule has 0 saturated carbocycles. The molecule has 1 atom stereocenters. The van der Waals surface area contributed by atoms with Gasteiger partial charge in [0.2, 0.25) is 0 Å². The van der Waals surface area contributed by atoms with Gasteiger partial charge in [-0.1, -0.05) is 18.2 Å². The number of ketones is 1. The molecule has 0 bridgehead atoms. The van der Waals surface area contributed by atoms with Crippen molar-refractivity contribution in [3.05, 3.63) is 59.4 Å². The monoisotopic (exact) mass is 384 g/mol. The summed E-state index contributed by atoms with van der Waals surface area (Å²) in [6, 6.07) is 9.69. The number of nitrogens with zero attached hydrogens (tertiary/aromatic N) is 1. The number of carbonyl (C=O) groups is 3. The lowest BCUT2D eigenvalue weighted by atomic mass is 9.91. The Morgan fingerprint density at radius 2 is 1.86 bits per heavy atom. The average molecular weight is 384 g/mol. The van der Waals surface area contributed by atoms with Crippen LogP contribution < -0.4 is 14.8 Å². The van der Waals surface area contributed by atoms with E-state index in [0.717, 1.165) is 11.0 Å². The van der Waals surface area contributed by atoms with Gasteiger partial charge in [-0.05, 0) is 36.8 Å². The van der Waals surface area contributed by atoms with Gasteiger partial charge in [-0.15, -0.1) is 0 Å². The van der Waals surface area contributed by atoms with Crippen LogP contribution in [0.3, 0.4) is 0 Å². The van der Waals surface area contributed by atoms with Crippen molar-refractivity contribution in [2.75, 3.05) is 19.8 Å². The average Bonchev–Trinajstić information content (AvgIpc) is 2.92. The number of imide groups is 1. The first-order valence-corrected chi connectivity index (χ1v) is 8.72. The molecule has 2 aromatic carbocycles. The van der Waals surface area contributed by atoms with E-state index in [0.29, 0.717) is 30.3 Å². The summed E-state index contributed by atoms with van der Waals surface area (Å²) in [7, 11) is 0. The Bertz CT molecular complexity index is 992. The molecule has 8 heteroatoms. The minimum Gasteiger partial charge on any atom is -0.486 e. The summed E-state index contributed by atoms with van der Waals surface area (Å²) < 4.78 is 24.8. The second kappa shape index (κ2) is 6.63. The van der Waals surface area contributed by atoms with Crippen LogP contribution in [0.25, 0.3) is 0 Å². The van der Waals surface area contributed by atoms with Crippen LogP contribution in [0, 0.1) is 5.82 Å². The van der Waals surface area contributed by atoms with Crippen molar-refractivity contribution in [1.29, 1.82) is 0 Å². The predicted molar refractivity (Wildman–Crippen MR) is 95.8 cm³/mol. The highest BCUT2D eigenvalue weighted by Crippen LogP contribution is 2.36. The molecular formula is C20H17FN2O5. The van der Waals surface area contributed by atoms with E-state index < -0.39 is 35.6 Å². The molecular weight excluding hydrogens is 367 g/mol. The second-order valence-corrected chi connectivity index (χ2v) is 6.71. The Morgan fingerprint density at radius 3 is 2.61 bits per heavy atom. The van der Waals surface area contributed by atoms with Gasteiger partial charge in [-0.2, -0.15) is 0 Å². The molecule has 0 aliphatic carbocycles. The lowest BCUT2D eigenvalue weighted by molar-refractivity contribution is -0.130. The topological polar surface area (TPSA) is 84.9 Å². The van der Waals surface area contributed by atoms with E-state index in [1.807, 2.05) is 0 Å².